The first-order valence-electron chi connectivity index (χ1n) is 8.13. The molecule has 1 saturated heterocycles. The van der Waals surface area contributed by atoms with Gasteiger partial charge in [-0.05, 0) is 37.9 Å². The average Bonchev–Trinajstić information content (AvgIpc) is 3.19. The van der Waals surface area contributed by atoms with Crippen LogP contribution in [0.5, 0.6) is 0 Å². The maximum atomic E-state index is 11.0. The van der Waals surface area contributed by atoms with Crippen molar-refractivity contribution in [1.82, 2.24) is 4.90 Å². The Bertz CT molecular complexity index is 617. The minimum absolute atomic E-state index is 0.232. The number of hydrogen-bond acceptors (Lipinski definition) is 2. The molecule has 1 unspecified atom stereocenters. The summed E-state index contributed by atoms with van der Waals surface area (Å²) in [7, 11) is 0. The van der Waals surface area contributed by atoms with Crippen LogP contribution >= 0.6 is 0 Å². The second kappa shape index (κ2) is 5.53. The first-order chi connectivity index (χ1) is 10.5. The monoisotopic (exact) mass is 295 g/mol. The molecule has 0 amide bonds. The first-order valence-corrected chi connectivity index (χ1v) is 8.13. The zero-order valence-corrected chi connectivity index (χ0v) is 13.7. The third kappa shape index (κ3) is 2.18. The van der Waals surface area contributed by atoms with Gasteiger partial charge in [0.15, 0.2) is 0 Å². The molecule has 0 aliphatic carbocycles. The summed E-state index contributed by atoms with van der Waals surface area (Å²) in [6, 6.07) is 21.2. The molecule has 0 spiro atoms. The van der Waals surface area contributed by atoms with Crippen molar-refractivity contribution in [3.05, 3.63) is 71.8 Å². The number of aliphatic hydroxyl groups is 1. The van der Waals surface area contributed by atoms with Gasteiger partial charge in [0.25, 0.3) is 0 Å². The van der Waals surface area contributed by atoms with Crippen LogP contribution in [0.25, 0.3) is 0 Å². The third-order valence-electron chi connectivity index (χ3n) is 4.82. The fourth-order valence-corrected chi connectivity index (χ4v) is 4.00. The van der Waals surface area contributed by atoms with Crippen molar-refractivity contribution in [2.75, 3.05) is 6.54 Å². The Morgan fingerprint density at radius 2 is 1.55 bits per heavy atom. The zero-order chi connectivity index (χ0) is 15.8. The lowest BCUT2D eigenvalue weighted by Gasteiger charge is -2.31. The second-order valence-corrected chi connectivity index (χ2v) is 6.70. The van der Waals surface area contributed by atoms with Gasteiger partial charge in [0.1, 0.15) is 0 Å². The van der Waals surface area contributed by atoms with Gasteiger partial charge in [-0.15, -0.1) is 0 Å². The molecule has 2 aromatic rings. The van der Waals surface area contributed by atoms with E-state index < -0.39 is 5.60 Å². The molecular formula is C20H25NO. The van der Waals surface area contributed by atoms with E-state index in [-0.39, 0.29) is 11.6 Å². The largest absolute Gasteiger partial charge is 0.388 e. The van der Waals surface area contributed by atoms with Crippen LogP contribution in [0.3, 0.4) is 0 Å². The normalized spacial score (nSPS) is 27.6. The molecule has 22 heavy (non-hydrogen) atoms. The maximum Gasteiger partial charge on any atom is 0.0951 e. The van der Waals surface area contributed by atoms with E-state index in [9.17, 15) is 5.11 Å². The van der Waals surface area contributed by atoms with E-state index in [1.165, 1.54) is 11.1 Å². The zero-order valence-electron chi connectivity index (χ0n) is 13.7. The van der Waals surface area contributed by atoms with Crippen LogP contribution in [-0.4, -0.2) is 22.2 Å². The summed E-state index contributed by atoms with van der Waals surface area (Å²) in [5.74, 6) is 0. The van der Waals surface area contributed by atoms with Gasteiger partial charge in [0.05, 0.1) is 17.2 Å². The van der Waals surface area contributed by atoms with Crippen LogP contribution < -0.4 is 0 Å². The summed E-state index contributed by atoms with van der Waals surface area (Å²) < 4.78 is 0. The van der Waals surface area contributed by atoms with Crippen molar-refractivity contribution in [2.45, 2.75) is 44.4 Å². The lowest BCUT2D eigenvalue weighted by atomic mass is 9.79. The number of nitrogens with zero attached hydrogens (tertiary/aromatic N) is 1. The Hall–Kier alpha value is -1.64. The van der Waals surface area contributed by atoms with Crippen molar-refractivity contribution in [3.63, 3.8) is 0 Å². The third-order valence-corrected chi connectivity index (χ3v) is 4.82. The van der Waals surface area contributed by atoms with Gasteiger partial charge in [-0.3, -0.25) is 4.90 Å². The van der Waals surface area contributed by atoms with Crippen molar-refractivity contribution in [3.8, 4) is 0 Å². The number of benzene rings is 2. The molecule has 1 fully saturated rings. The molecule has 116 valence electrons. The highest BCUT2D eigenvalue weighted by atomic mass is 16.3. The van der Waals surface area contributed by atoms with Crippen LogP contribution in [0.4, 0.5) is 0 Å². The van der Waals surface area contributed by atoms with Crippen LogP contribution in [-0.2, 0) is 5.54 Å². The summed E-state index contributed by atoms with van der Waals surface area (Å²) in [5, 5.41) is 11.0. The molecule has 2 nitrogen and oxygen atoms in total. The summed E-state index contributed by atoms with van der Waals surface area (Å²) >= 11 is 0. The maximum absolute atomic E-state index is 11.0. The predicted octanol–water partition coefficient (Wildman–Crippen LogP) is 4.12. The van der Waals surface area contributed by atoms with E-state index in [2.05, 4.69) is 60.4 Å². The molecule has 3 rings (SSSR count). The summed E-state index contributed by atoms with van der Waals surface area (Å²) in [6.45, 7) is 7.05. The van der Waals surface area contributed by atoms with Gasteiger partial charge in [0.2, 0.25) is 0 Å². The number of hydrogen-bond donors (Lipinski definition) is 1. The number of rotatable bonds is 5. The summed E-state index contributed by atoms with van der Waals surface area (Å²) in [4.78, 5) is 2.44. The highest BCUT2D eigenvalue weighted by Crippen LogP contribution is 2.65. The predicted molar refractivity (Wildman–Crippen MR) is 90.6 cm³/mol. The fourth-order valence-electron chi connectivity index (χ4n) is 4.00. The van der Waals surface area contributed by atoms with Crippen molar-refractivity contribution >= 4 is 0 Å². The smallest absolute Gasteiger partial charge is 0.0951 e. The standard InChI is InChI=1S/C20H25NO/c1-4-15-21-18(16-11-7-5-8-12-16)20(21,19(2,3)22)17-13-9-6-10-14-17/h5-14,18,22H,4,15H2,1-3H3/t18-,20-,21?/m0/s1. The highest BCUT2D eigenvalue weighted by Gasteiger charge is 2.70. The Morgan fingerprint density at radius 1 is 1.00 bits per heavy atom. The lowest BCUT2D eigenvalue weighted by molar-refractivity contribution is 0.0138. The van der Waals surface area contributed by atoms with Crippen LogP contribution in [0, 0.1) is 0 Å². The van der Waals surface area contributed by atoms with E-state index >= 15 is 0 Å². The molecule has 1 aliphatic rings. The van der Waals surface area contributed by atoms with E-state index in [1.54, 1.807) is 0 Å². The fraction of sp³-hybridized carbons (Fsp3) is 0.400. The van der Waals surface area contributed by atoms with E-state index in [0.29, 0.717) is 0 Å². The van der Waals surface area contributed by atoms with E-state index in [4.69, 9.17) is 0 Å². The molecule has 1 N–H and O–H groups in total. The van der Waals surface area contributed by atoms with Gasteiger partial charge in [0, 0.05) is 0 Å². The summed E-state index contributed by atoms with van der Waals surface area (Å²) in [5.41, 5.74) is 1.32. The first kappa shape index (κ1) is 15.3. The molecule has 0 radical (unpaired) electrons. The molecule has 0 aromatic heterocycles. The Labute approximate surface area is 133 Å². The average molecular weight is 295 g/mol. The van der Waals surface area contributed by atoms with Gasteiger partial charge in [-0.25, -0.2) is 0 Å². The van der Waals surface area contributed by atoms with Crippen LogP contribution in [0.2, 0.25) is 0 Å². The summed E-state index contributed by atoms with van der Waals surface area (Å²) in [6.07, 6.45) is 1.08. The van der Waals surface area contributed by atoms with Crippen molar-refractivity contribution in [2.24, 2.45) is 0 Å². The van der Waals surface area contributed by atoms with E-state index in [1.807, 2.05) is 26.0 Å². The Morgan fingerprint density at radius 3 is 2.05 bits per heavy atom. The molecule has 2 heteroatoms. The van der Waals surface area contributed by atoms with Gasteiger partial charge < -0.3 is 5.11 Å². The van der Waals surface area contributed by atoms with Gasteiger partial charge in [-0.2, -0.15) is 0 Å². The topological polar surface area (TPSA) is 23.2 Å². The molecule has 2 aromatic carbocycles. The highest BCUT2D eigenvalue weighted by molar-refractivity contribution is 5.44. The second-order valence-electron chi connectivity index (χ2n) is 6.70. The van der Waals surface area contributed by atoms with Crippen LogP contribution in [0.1, 0.15) is 44.4 Å². The molecular weight excluding hydrogens is 270 g/mol. The van der Waals surface area contributed by atoms with Crippen LogP contribution in [0.15, 0.2) is 60.7 Å². The molecule has 0 saturated carbocycles. The minimum Gasteiger partial charge on any atom is -0.388 e. The molecule has 3 atom stereocenters. The minimum atomic E-state index is -0.815. The quantitative estimate of drug-likeness (QED) is 0.839. The van der Waals surface area contributed by atoms with Gasteiger partial charge in [-0.1, -0.05) is 67.6 Å². The molecule has 0 bridgehead atoms. The van der Waals surface area contributed by atoms with Crippen molar-refractivity contribution in [1.29, 1.82) is 0 Å². The molecule has 1 aliphatic heterocycles. The Balaban J connectivity index is 2.13. The molecule has 1 heterocycles. The van der Waals surface area contributed by atoms with Gasteiger partial charge >= 0.3 is 0 Å². The van der Waals surface area contributed by atoms with E-state index in [0.717, 1.165) is 13.0 Å². The lowest BCUT2D eigenvalue weighted by Crippen LogP contribution is -2.41. The SMILES string of the molecule is CCCN1[C@@H](c2ccccc2)[C@@]1(c1ccccc1)C(C)(C)O. The Kier molecular flexibility index (Phi) is 3.84. The van der Waals surface area contributed by atoms with Crippen molar-refractivity contribution < 1.29 is 5.11 Å².